The van der Waals surface area contributed by atoms with Crippen LogP contribution in [0.3, 0.4) is 0 Å². The van der Waals surface area contributed by atoms with Crippen LogP contribution in [0.25, 0.3) is 6.08 Å². The van der Waals surface area contributed by atoms with E-state index in [0.29, 0.717) is 5.69 Å². The number of carbonyl (C=O) groups excluding carboxylic acids is 3. The highest BCUT2D eigenvalue weighted by molar-refractivity contribution is 9.10. The summed E-state index contributed by atoms with van der Waals surface area (Å²) < 4.78 is 0.851. The van der Waals surface area contributed by atoms with E-state index >= 15 is 0 Å². The van der Waals surface area contributed by atoms with Gasteiger partial charge in [0, 0.05) is 10.2 Å². The summed E-state index contributed by atoms with van der Waals surface area (Å²) in [7, 11) is 0. The number of hydrogen-bond acceptors (Lipinski definition) is 4. The molecule has 3 amide bonds. The van der Waals surface area contributed by atoms with Crippen LogP contribution < -0.4 is 15.5 Å². The Balaban J connectivity index is 1.62. The van der Waals surface area contributed by atoms with Crippen molar-refractivity contribution < 1.29 is 14.4 Å². The van der Waals surface area contributed by atoms with E-state index in [4.69, 9.17) is 5.73 Å². The van der Waals surface area contributed by atoms with Crippen molar-refractivity contribution in [3.05, 3.63) is 64.6 Å². The van der Waals surface area contributed by atoms with Crippen LogP contribution in [-0.4, -0.2) is 29.8 Å². The summed E-state index contributed by atoms with van der Waals surface area (Å²) in [4.78, 5) is 42.1. The number of benzene rings is 2. The number of fused-ring (bicyclic) bond motifs is 5. The molecule has 4 atom stereocenters. The van der Waals surface area contributed by atoms with E-state index < -0.39 is 23.8 Å². The zero-order chi connectivity index (χ0) is 19.6. The molecule has 140 valence electrons. The van der Waals surface area contributed by atoms with Gasteiger partial charge in [-0.3, -0.25) is 14.4 Å². The second-order valence-electron chi connectivity index (χ2n) is 7.20. The molecule has 0 bridgehead atoms. The molecule has 28 heavy (non-hydrogen) atoms. The minimum atomic E-state index is -0.863. The number of anilines is 2. The van der Waals surface area contributed by atoms with E-state index in [1.54, 1.807) is 24.3 Å². The average molecular weight is 438 g/mol. The molecule has 2 N–H and O–H groups in total. The SMILES string of the molecule is NC(=O)[C@@H]1[C@@H]2C(=O)N(c3ccc(Br)cc3)C(=O)[C@@H]2[C@H]2C=Cc3ccccc3N21. The van der Waals surface area contributed by atoms with Crippen molar-refractivity contribution >= 4 is 51.1 Å². The molecule has 0 aliphatic carbocycles. The van der Waals surface area contributed by atoms with Gasteiger partial charge in [-0.1, -0.05) is 46.3 Å². The summed E-state index contributed by atoms with van der Waals surface area (Å²) in [6.07, 6.45) is 3.84. The number of amides is 3. The van der Waals surface area contributed by atoms with Crippen LogP contribution in [0.15, 0.2) is 59.1 Å². The number of carbonyl (C=O) groups is 3. The summed E-state index contributed by atoms with van der Waals surface area (Å²) in [6.45, 7) is 0. The first-order chi connectivity index (χ1) is 13.5. The molecule has 2 aromatic carbocycles. The van der Waals surface area contributed by atoms with Crippen molar-refractivity contribution in [2.24, 2.45) is 17.6 Å². The third-order valence-electron chi connectivity index (χ3n) is 5.79. The monoisotopic (exact) mass is 437 g/mol. The van der Waals surface area contributed by atoms with E-state index in [-0.39, 0.29) is 17.9 Å². The Kier molecular flexibility index (Phi) is 3.71. The van der Waals surface area contributed by atoms with Gasteiger partial charge in [0.2, 0.25) is 17.7 Å². The lowest BCUT2D eigenvalue weighted by Crippen LogP contribution is -2.50. The van der Waals surface area contributed by atoms with Gasteiger partial charge in [-0.2, -0.15) is 0 Å². The quantitative estimate of drug-likeness (QED) is 0.730. The predicted molar refractivity (Wildman–Crippen MR) is 108 cm³/mol. The molecule has 7 heteroatoms. The first kappa shape index (κ1) is 17.2. The third kappa shape index (κ3) is 2.22. The molecule has 6 nitrogen and oxygen atoms in total. The first-order valence-electron chi connectivity index (χ1n) is 8.97. The molecule has 3 aliphatic rings. The molecule has 3 heterocycles. The summed E-state index contributed by atoms with van der Waals surface area (Å²) in [6, 6.07) is 13.3. The Bertz CT molecular complexity index is 1050. The second kappa shape index (κ2) is 6.04. The highest BCUT2D eigenvalue weighted by Crippen LogP contribution is 2.48. The van der Waals surface area contributed by atoms with Gasteiger partial charge in [-0.25, -0.2) is 4.90 Å². The fourth-order valence-electron chi connectivity index (χ4n) is 4.68. The van der Waals surface area contributed by atoms with Crippen LogP contribution in [0.5, 0.6) is 0 Å². The number of imide groups is 1. The number of nitrogens with two attached hydrogens (primary N) is 1. The van der Waals surface area contributed by atoms with Crippen LogP contribution in [0.2, 0.25) is 0 Å². The molecular weight excluding hydrogens is 422 g/mol. The van der Waals surface area contributed by atoms with Gasteiger partial charge < -0.3 is 10.6 Å². The lowest BCUT2D eigenvalue weighted by molar-refractivity contribution is -0.127. The molecule has 5 rings (SSSR count). The van der Waals surface area contributed by atoms with Gasteiger partial charge in [0.1, 0.15) is 6.04 Å². The van der Waals surface area contributed by atoms with Crippen LogP contribution in [0.4, 0.5) is 11.4 Å². The normalized spacial score (nSPS) is 27.6. The topological polar surface area (TPSA) is 83.7 Å². The fourth-order valence-corrected chi connectivity index (χ4v) is 4.95. The molecule has 2 fully saturated rings. The standard InChI is InChI=1S/C21H16BrN3O3/c22-12-6-8-13(9-7-12)24-20(27)16-15-10-5-11-3-1-2-4-14(11)25(15)18(19(23)26)17(16)21(24)28/h1-10,15-18H,(H2,23,26)/t15-,16-,17-,18+/m1/s1. The summed E-state index contributed by atoms with van der Waals surface area (Å²) in [5, 5.41) is 0. The van der Waals surface area contributed by atoms with Crippen molar-refractivity contribution in [1.82, 2.24) is 0 Å². The molecule has 2 aromatic rings. The van der Waals surface area contributed by atoms with Gasteiger partial charge in [0.25, 0.3) is 0 Å². The maximum atomic E-state index is 13.3. The zero-order valence-electron chi connectivity index (χ0n) is 14.7. The highest BCUT2D eigenvalue weighted by atomic mass is 79.9. The number of nitrogens with zero attached hydrogens (tertiary/aromatic N) is 2. The summed E-state index contributed by atoms with van der Waals surface area (Å²) >= 11 is 3.36. The predicted octanol–water partition coefficient (Wildman–Crippen LogP) is 2.32. The van der Waals surface area contributed by atoms with Crippen molar-refractivity contribution in [3.8, 4) is 0 Å². The number of halogens is 1. The number of para-hydroxylation sites is 1. The van der Waals surface area contributed by atoms with E-state index in [1.807, 2.05) is 41.3 Å². The highest BCUT2D eigenvalue weighted by Gasteiger charge is 2.64. The van der Waals surface area contributed by atoms with Gasteiger partial charge in [0.15, 0.2) is 0 Å². The zero-order valence-corrected chi connectivity index (χ0v) is 16.2. The molecular formula is C21H16BrN3O3. The Morgan fingerprint density at radius 1 is 0.964 bits per heavy atom. The van der Waals surface area contributed by atoms with Crippen molar-refractivity contribution in [2.75, 3.05) is 9.80 Å². The van der Waals surface area contributed by atoms with E-state index in [1.165, 1.54) is 4.90 Å². The smallest absolute Gasteiger partial charge is 0.241 e. The van der Waals surface area contributed by atoms with Gasteiger partial charge >= 0.3 is 0 Å². The summed E-state index contributed by atoms with van der Waals surface area (Å²) in [5.41, 5.74) is 8.00. The Morgan fingerprint density at radius 3 is 2.36 bits per heavy atom. The Labute approximate surface area is 169 Å². The number of primary amides is 1. The minimum absolute atomic E-state index is 0.292. The number of rotatable bonds is 2. The van der Waals surface area contributed by atoms with Crippen molar-refractivity contribution in [3.63, 3.8) is 0 Å². The first-order valence-corrected chi connectivity index (χ1v) is 9.76. The number of hydrogen-bond donors (Lipinski definition) is 1. The van der Waals surface area contributed by atoms with E-state index in [0.717, 1.165) is 15.7 Å². The fraction of sp³-hybridized carbons (Fsp3) is 0.190. The molecule has 0 aromatic heterocycles. The molecule has 2 saturated heterocycles. The van der Waals surface area contributed by atoms with Gasteiger partial charge in [-0.15, -0.1) is 0 Å². The molecule has 0 saturated carbocycles. The van der Waals surface area contributed by atoms with E-state index in [2.05, 4.69) is 15.9 Å². The minimum Gasteiger partial charge on any atom is -0.368 e. The largest absolute Gasteiger partial charge is 0.368 e. The molecule has 0 radical (unpaired) electrons. The lowest BCUT2D eigenvalue weighted by atomic mass is 9.88. The third-order valence-corrected chi connectivity index (χ3v) is 6.32. The van der Waals surface area contributed by atoms with Gasteiger partial charge in [0.05, 0.1) is 23.6 Å². The van der Waals surface area contributed by atoms with Crippen molar-refractivity contribution in [2.45, 2.75) is 12.1 Å². The molecule has 0 unspecified atom stereocenters. The van der Waals surface area contributed by atoms with Crippen molar-refractivity contribution in [1.29, 1.82) is 0 Å². The maximum absolute atomic E-state index is 13.3. The molecule has 3 aliphatic heterocycles. The van der Waals surface area contributed by atoms with E-state index in [9.17, 15) is 14.4 Å². The van der Waals surface area contributed by atoms with Crippen LogP contribution in [0.1, 0.15) is 5.56 Å². The average Bonchev–Trinajstić information content (AvgIpc) is 3.16. The summed E-state index contributed by atoms with van der Waals surface area (Å²) in [5.74, 6) is -2.70. The lowest BCUT2D eigenvalue weighted by Gasteiger charge is -2.35. The molecule has 0 spiro atoms. The maximum Gasteiger partial charge on any atom is 0.241 e. The van der Waals surface area contributed by atoms with Gasteiger partial charge in [-0.05, 0) is 35.9 Å². The Hall–Kier alpha value is -2.93. The second-order valence-corrected chi connectivity index (χ2v) is 8.12. The van der Waals surface area contributed by atoms with Crippen LogP contribution in [-0.2, 0) is 14.4 Å². The Morgan fingerprint density at radius 2 is 1.64 bits per heavy atom. The van der Waals surface area contributed by atoms with Crippen LogP contribution >= 0.6 is 15.9 Å². The van der Waals surface area contributed by atoms with Crippen LogP contribution in [0, 0.1) is 11.8 Å².